The second kappa shape index (κ2) is 9.09. The van der Waals surface area contributed by atoms with E-state index in [1.165, 1.54) is 5.56 Å². The third kappa shape index (κ3) is 5.78. The van der Waals surface area contributed by atoms with Gasteiger partial charge in [-0.25, -0.2) is 8.42 Å². The first-order valence-corrected chi connectivity index (χ1v) is 11.1. The molecular formula is C19H24N2O3S2. The molecule has 0 unspecified atom stereocenters. The van der Waals surface area contributed by atoms with Crippen LogP contribution in [0.2, 0.25) is 0 Å². The number of thioether (sulfide) groups is 1. The van der Waals surface area contributed by atoms with E-state index in [2.05, 4.69) is 5.32 Å². The van der Waals surface area contributed by atoms with Crippen molar-refractivity contribution in [3.8, 4) is 0 Å². The Balaban J connectivity index is 1.93. The highest BCUT2D eigenvalue weighted by atomic mass is 32.2. The number of aryl methyl sites for hydroxylation is 1. The third-order valence-corrected chi connectivity index (χ3v) is 6.05. The van der Waals surface area contributed by atoms with Gasteiger partial charge in [-0.05, 0) is 38.1 Å². The number of nitrogens with one attached hydrogen (secondary N) is 1. The minimum Gasteiger partial charge on any atom is -0.353 e. The van der Waals surface area contributed by atoms with Gasteiger partial charge in [-0.1, -0.05) is 35.9 Å². The quantitative estimate of drug-likeness (QED) is 0.554. The second-order valence-corrected chi connectivity index (χ2v) is 9.05. The molecule has 0 fully saturated rings. The molecule has 0 aliphatic carbocycles. The Labute approximate surface area is 159 Å². The van der Waals surface area contributed by atoms with Crippen molar-refractivity contribution in [1.82, 2.24) is 5.32 Å². The summed E-state index contributed by atoms with van der Waals surface area (Å²) in [7, 11) is -3.57. The number of hydrogen-bond acceptors (Lipinski definition) is 4. The van der Waals surface area contributed by atoms with E-state index in [4.69, 9.17) is 0 Å². The fraction of sp³-hybridized carbons (Fsp3) is 0.316. The Hall–Kier alpha value is -1.99. The van der Waals surface area contributed by atoms with Crippen LogP contribution in [0.15, 0.2) is 59.5 Å². The van der Waals surface area contributed by atoms with E-state index >= 15 is 0 Å². The largest absolute Gasteiger partial charge is 0.353 e. The van der Waals surface area contributed by atoms with Gasteiger partial charge in [0.15, 0.2) is 0 Å². The number of sulfonamides is 1. The topological polar surface area (TPSA) is 66.5 Å². The van der Waals surface area contributed by atoms with Crippen LogP contribution in [0.25, 0.3) is 0 Å². The van der Waals surface area contributed by atoms with E-state index in [1.807, 2.05) is 31.2 Å². The number of carbonyl (C=O) groups is 1. The molecule has 2 rings (SSSR count). The summed E-state index contributed by atoms with van der Waals surface area (Å²) in [5.74, 6) is 0.398. The van der Waals surface area contributed by atoms with Crippen molar-refractivity contribution < 1.29 is 13.2 Å². The van der Waals surface area contributed by atoms with Crippen molar-refractivity contribution in [1.29, 1.82) is 0 Å². The summed E-state index contributed by atoms with van der Waals surface area (Å²) >= 11 is 1.65. The van der Waals surface area contributed by atoms with Crippen molar-refractivity contribution in [2.75, 3.05) is 22.9 Å². The maximum absolute atomic E-state index is 12.4. The maximum Gasteiger partial charge on any atom is 0.243 e. The third-order valence-electron chi connectivity index (χ3n) is 3.79. The Bertz CT molecular complexity index is 822. The van der Waals surface area contributed by atoms with E-state index in [9.17, 15) is 13.2 Å². The average molecular weight is 393 g/mol. The molecular weight excluding hydrogens is 368 g/mol. The van der Waals surface area contributed by atoms with Crippen molar-refractivity contribution in [2.45, 2.75) is 24.8 Å². The number of nitrogens with zero attached hydrogens (tertiary/aromatic N) is 1. The SMILES string of the molecule is Cc1ccc(SCCNC(=O)[C@H](C)N(c2ccccc2)S(C)(=O)=O)cc1. The standard InChI is InChI=1S/C19H24N2O3S2/c1-15-9-11-18(12-10-15)25-14-13-20-19(22)16(2)21(26(3,23)24)17-7-5-4-6-8-17/h4-12,16H,13-14H2,1-3H3,(H,20,22)/t16-/m0/s1. The lowest BCUT2D eigenvalue weighted by molar-refractivity contribution is -0.121. The van der Waals surface area contributed by atoms with E-state index in [0.717, 1.165) is 15.5 Å². The summed E-state index contributed by atoms with van der Waals surface area (Å²) in [4.78, 5) is 13.6. The lowest BCUT2D eigenvalue weighted by Crippen LogP contribution is -2.48. The summed E-state index contributed by atoms with van der Waals surface area (Å²) in [5, 5.41) is 2.82. The highest BCUT2D eigenvalue weighted by Crippen LogP contribution is 2.20. The van der Waals surface area contributed by atoms with Crippen molar-refractivity contribution in [3.63, 3.8) is 0 Å². The zero-order chi connectivity index (χ0) is 19.2. The van der Waals surface area contributed by atoms with Crippen LogP contribution in [0.4, 0.5) is 5.69 Å². The first-order chi connectivity index (χ1) is 12.3. The van der Waals surface area contributed by atoms with Crippen LogP contribution in [-0.4, -0.2) is 38.9 Å². The zero-order valence-electron chi connectivity index (χ0n) is 15.2. The Morgan fingerprint density at radius 2 is 1.73 bits per heavy atom. The Morgan fingerprint density at radius 3 is 2.31 bits per heavy atom. The summed E-state index contributed by atoms with van der Waals surface area (Å²) in [5.41, 5.74) is 1.69. The van der Waals surface area contributed by atoms with Crippen LogP contribution in [0.1, 0.15) is 12.5 Å². The number of amides is 1. The van der Waals surface area contributed by atoms with Crippen LogP contribution in [0, 0.1) is 6.92 Å². The number of carbonyl (C=O) groups excluding carboxylic acids is 1. The van der Waals surface area contributed by atoms with E-state index < -0.39 is 16.1 Å². The fourth-order valence-corrected chi connectivity index (χ4v) is 4.45. The Kier molecular flexibility index (Phi) is 7.11. The average Bonchev–Trinajstić information content (AvgIpc) is 2.60. The molecule has 2 aromatic rings. The fourth-order valence-electron chi connectivity index (χ4n) is 2.51. The molecule has 0 heterocycles. The minimum atomic E-state index is -3.57. The van der Waals surface area contributed by atoms with Gasteiger partial charge in [-0.3, -0.25) is 9.10 Å². The molecule has 140 valence electrons. The number of benzene rings is 2. The molecule has 5 nitrogen and oxygen atoms in total. The normalized spacial score (nSPS) is 12.4. The van der Waals surface area contributed by atoms with Gasteiger partial charge >= 0.3 is 0 Å². The molecule has 7 heteroatoms. The predicted molar refractivity (Wildman–Crippen MR) is 108 cm³/mol. The van der Waals surface area contributed by atoms with Gasteiger partial charge in [-0.2, -0.15) is 0 Å². The Morgan fingerprint density at radius 1 is 1.12 bits per heavy atom. The van der Waals surface area contributed by atoms with Gasteiger partial charge in [0.05, 0.1) is 11.9 Å². The van der Waals surface area contributed by atoms with E-state index in [1.54, 1.807) is 49.0 Å². The molecule has 0 saturated heterocycles. The lowest BCUT2D eigenvalue weighted by Gasteiger charge is -2.28. The predicted octanol–water partition coefficient (Wildman–Crippen LogP) is 3.06. The van der Waals surface area contributed by atoms with Gasteiger partial charge < -0.3 is 5.32 Å². The lowest BCUT2D eigenvalue weighted by atomic mass is 10.2. The molecule has 0 aromatic heterocycles. The second-order valence-electron chi connectivity index (χ2n) is 6.02. The smallest absolute Gasteiger partial charge is 0.243 e. The van der Waals surface area contributed by atoms with Crippen LogP contribution in [0.5, 0.6) is 0 Å². The maximum atomic E-state index is 12.4. The summed E-state index contributed by atoms with van der Waals surface area (Å²) in [6.07, 6.45) is 1.11. The first kappa shape index (κ1) is 20.3. The van der Waals surface area contributed by atoms with Gasteiger partial charge in [0, 0.05) is 17.2 Å². The zero-order valence-corrected chi connectivity index (χ0v) is 16.8. The van der Waals surface area contributed by atoms with Crippen molar-refractivity contribution in [3.05, 3.63) is 60.2 Å². The van der Waals surface area contributed by atoms with Gasteiger partial charge in [0.1, 0.15) is 6.04 Å². The van der Waals surface area contributed by atoms with Crippen molar-refractivity contribution >= 4 is 33.4 Å². The van der Waals surface area contributed by atoms with Gasteiger partial charge in [-0.15, -0.1) is 11.8 Å². The summed E-state index contributed by atoms with van der Waals surface area (Å²) in [6.45, 7) is 4.10. The number of hydrogen-bond donors (Lipinski definition) is 1. The highest BCUT2D eigenvalue weighted by Gasteiger charge is 2.28. The molecule has 1 N–H and O–H groups in total. The molecule has 2 aromatic carbocycles. The van der Waals surface area contributed by atoms with E-state index in [0.29, 0.717) is 18.0 Å². The molecule has 1 amide bonds. The number of anilines is 1. The molecule has 0 radical (unpaired) electrons. The van der Waals surface area contributed by atoms with Crippen LogP contribution in [-0.2, 0) is 14.8 Å². The molecule has 0 bridgehead atoms. The van der Waals surface area contributed by atoms with Gasteiger partial charge in [0.2, 0.25) is 15.9 Å². The number of rotatable bonds is 8. The molecule has 0 aliphatic heterocycles. The highest BCUT2D eigenvalue weighted by molar-refractivity contribution is 7.99. The first-order valence-electron chi connectivity index (χ1n) is 8.30. The molecule has 0 saturated carbocycles. The summed E-state index contributed by atoms with van der Waals surface area (Å²) in [6, 6.07) is 16.0. The molecule has 1 atom stereocenters. The molecule has 0 aliphatic rings. The van der Waals surface area contributed by atoms with E-state index in [-0.39, 0.29) is 5.91 Å². The molecule has 0 spiro atoms. The van der Waals surface area contributed by atoms with Crippen molar-refractivity contribution in [2.24, 2.45) is 0 Å². The summed E-state index contributed by atoms with van der Waals surface area (Å²) < 4.78 is 25.5. The monoisotopic (exact) mass is 392 g/mol. The minimum absolute atomic E-state index is 0.316. The molecule has 26 heavy (non-hydrogen) atoms. The van der Waals surface area contributed by atoms with Crippen LogP contribution < -0.4 is 9.62 Å². The van der Waals surface area contributed by atoms with Crippen LogP contribution in [0.3, 0.4) is 0 Å². The van der Waals surface area contributed by atoms with Crippen LogP contribution >= 0.6 is 11.8 Å². The van der Waals surface area contributed by atoms with Gasteiger partial charge in [0.25, 0.3) is 0 Å². The number of para-hydroxylation sites is 1.